The summed E-state index contributed by atoms with van der Waals surface area (Å²) in [5, 5.41) is 24.3. The second-order valence-corrected chi connectivity index (χ2v) is 5.93. The van der Waals surface area contributed by atoms with Gasteiger partial charge in [0, 0.05) is 25.0 Å². The molecule has 3 N–H and O–H groups in total. The maximum atomic E-state index is 12.3. The number of aromatic hydroxyl groups is 1. The lowest BCUT2D eigenvalue weighted by atomic mass is 10.2. The molecule has 2 aromatic carbocycles. The summed E-state index contributed by atoms with van der Waals surface area (Å²) in [4.78, 5) is 14.5. The van der Waals surface area contributed by atoms with Crippen LogP contribution in [-0.2, 0) is 9.53 Å². The van der Waals surface area contributed by atoms with Gasteiger partial charge >= 0.3 is 0 Å². The number of carbonyl (C=O) groups is 1. The fourth-order valence-electron chi connectivity index (χ4n) is 2.72. The van der Waals surface area contributed by atoms with Gasteiger partial charge in [0.15, 0.2) is 0 Å². The molecule has 0 saturated carbocycles. The van der Waals surface area contributed by atoms with Crippen molar-refractivity contribution in [2.24, 2.45) is 0 Å². The summed E-state index contributed by atoms with van der Waals surface area (Å²) >= 11 is 0. The minimum Gasteiger partial charge on any atom is -0.508 e. The molecular weight excluding hydrogens is 344 g/mol. The van der Waals surface area contributed by atoms with Gasteiger partial charge in [-0.05, 0) is 36.4 Å². The van der Waals surface area contributed by atoms with Crippen molar-refractivity contribution >= 4 is 23.0 Å². The third-order valence-corrected chi connectivity index (χ3v) is 4.12. The molecule has 7 heteroatoms. The number of phenols is 1. The Balaban J connectivity index is 1.72. The second-order valence-electron chi connectivity index (χ2n) is 5.93. The minimum absolute atomic E-state index is 0.0557. The van der Waals surface area contributed by atoms with Gasteiger partial charge in [-0.3, -0.25) is 4.79 Å². The fourth-order valence-corrected chi connectivity index (χ4v) is 2.72. The summed E-state index contributed by atoms with van der Waals surface area (Å²) in [6.07, 6.45) is 1.40. The molecular formula is C20H20N4O3. The first-order chi connectivity index (χ1) is 13.2. The topological polar surface area (TPSA) is 97.6 Å². The van der Waals surface area contributed by atoms with Crippen LogP contribution in [0, 0.1) is 11.3 Å². The molecule has 0 bridgehead atoms. The molecule has 1 saturated heterocycles. The minimum atomic E-state index is -0.528. The molecule has 1 aliphatic rings. The van der Waals surface area contributed by atoms with E-state index >= 15 is 0 Å². The Hall–Kier alpha value is -3.50. The van der Waals surface area contributed by atoms with Gasteiger partial charge in [0.1, 0.15) is 17.4 Å². The van der Waals surface area contributed by atoms with Gasteiger partial charge in [0.05, 0.1) is 24.6 Å². The Kier molecular flexibility index (Phi) is 5.92. The summed E-state index contributed by atoms with van der Waals surface area (Å²) in [5.41, 5.74) is 2.24. The highest BCUT2D eigenvalue weighted by Gasteiger charge is 2.15. The van der Waals surface area contributed by atoms with Crippen LogP contribution in [0.1, 0.15) is 0 Å². The van der Waals surface area contributed by atoms with E-state index < -0.39 is 5.91 Å². The molecule has 0 aromatic heterocycles. The largest absolute Gasteiger partial charge is 0.508 e. The number of morpholine rings is 1. The maximum absolute atomic E-state index is 12.3. The third-order valence-electron chi connectivity index (χ3n) is 4.12. The SMILES string of the molecule is N#C/C(=C/Nc1ccccc1N1CCOCC1)C(=O)Nc1ccc(O)cc1. The zero-order valence-electron chi connectivity index (χ0n) is 14.7. The highest BCUT2D eigenvalue weighted by Crippen LogP contribution is 2.26. The number of hydrogen-bond donors (Lipinski definition) is 3. The van der Waals surface area contributed by atoms with E-state index in [4.69, 9.17) is 4.74 Å². The van der Waals surface area contributed by atoms with E-state index in [0.717, 1.165) is 24.5 Å². The second kappa shape index (κ2) is 8.74. The van der Waals surface area contributed by atoms with Crippen molar-refractivity contribution in [2.45, 2.75) is 0 Å². The maximum Gasteiger partial charge on any atom is 0.267 e. The van der Waals surface area contributed by atoms with Gasteiger partial charge in [-0.2, -0.15) is 5.26 Å². The Labute approximate surface area is 157 Å². The number of rotatable bonds is 5. The molecule has 2 aromatic rings. The molecule has 1 heterocycles. The van der Waals surface area contributed by atoms with E-state index in [1.807, 2.05) is 30.3 Å². The number of anilines is 3. The average Bonchev–Trinajstić information content (AvgIpc) is 2.71. The molecule has 0 spiro atoms. The predicted octanol–water partition coefficient (Wildman–Crippen LogP) is 2.69. The Morgan fingerprint density at radius 2 is 1.85 bits per heavy atom. The smallest absolute Gasteiger partial charge is 0.267 e. The van der Waals surface area contributed by atoms with E-state index in [0.29, 0.717) is 18.9 Å². The van der Waals surface area contributed by atoms with Crippen molar-refractivity contribution in [2.75, 3.05) is 41.8 Å². The Bertz CT molecular complexity index is 866. The first-order valence-corrected chi connectivity index (χ1v) is 8.56. The van der Waals surface area contributed by atoms with Gasteiger partial charge in [-0.15, -0.1) is 0 Å². The molecule has 1 aliphatic heterocycles. The first-order valence-electron chi connectivity index (χ1n) is 8.56. The molecule has 3 rings (SSSR count). The van der Waals surface area contributed by atoms with E-state index in [1.54, 1.807) is 12.1 Å². The molecule has 0 unspecified atom stereocenters. The summed E-state index contributed by atoms with van der Waals surface area (Å²) in [6.45, 7) is 2.91. The Morgan fingerprint density at radius 3 is 2.56 bits per heavy atom. The van der Waals surface area contributed by atoms with Crippen molar-refractivity contribution in [3.05, 3.63) is 60.3 Å². The van der Waals surface area contributed by atoms with Crippen molar-refractivity contribution in [1.82, 2.24) is 0 Å². The number of phenolic OH excluding ortho intramolecular Hbond substituents is 1. The molecule has 0 atom stereocenters. The van der Waals surface area contributed by atoms with Crippen LogP contribution in [0.3, 0.4) is 0 Å². The zero-order chi connectivity index (χ0) is 19.1. The summed E-state index contributed by atoms with van der Waals surface area (Å²) < 4.78 is 5.39. The van der Waals surface area contributed by atoms with Crippen molar-refractivity contribution in [3.8, 4) is 11.8 Å². The van der Waals surface area contributed by atoms with Crippen LogP contribution in [0.15, 0.2) is 60.3 Å². The van der Waals surface area contributed by atoms with Crippen LogP contribution >= 0.6 is 0 Å². The number of nitrogens with zero attached hydrogens (tertiary/aromatic N) is 2. The quantitative estimate of drug-likeness (QED) is 0.429. The molecule has 0 radical (unpaired) electrons. The molecule has 1 fully saturated rings. The van der Waals surface area contributed by atoms with Crippen LogP contribution in [0.2, 0.25) is 0 Å². The van der Waals surface area contributed by atoms with E-state index in [1.165, 1.54) is 18.3 Å². The zero-order valence-corrected chi connectivity index (χ0v) is 14.7. The molecule has 27 heavy (non-hydrogen) atoms. The van der Waals surface area contributed by atoms with Gasteiger partial charge in [0.25, 0.3) is 5.91 Å². The van der Waals surface area contributed by atoms with Crippen LogP contribution in [0.5, 0.6) is 5.75 Å². The van der Waals surface area contributed by atoms with E-state index in [-0.39, 0.29) is 11.3 Å². The van der Waals surface area contributed by atoms with Gasteiger partial charge in [-0.25, -0.2) is 0 Å². The fraction of sp³-hybridized carbons (Fsp3) is 0.200. The van der Waals surface area contributed by atoms with Gasteiger partial charge < -0.3 is 25.4 Å². The third kappa shape index (κ3) is 4.77. The number of nitriles is 1. The van der Waals surface area contributed by atoms with Crippen LogP contribution in [0.25, 0.3) is 0 Å². The predicted molar refractivity (Wildman–Crippen MR) is 104 cm³/mol. The van der Waals surface area contributed by atoms with Crippen LogP contribution in [-0.4, -0.2) is 37.3 Å². The summed E-state index contributed by atoms with van der Waals surface area (Å²) in [7, 11) is 0. The monoisotopic (exact) mass is 364 g/mol. The lowest BCUT2D eigenvalue weighted by Gasteiger charge is -2.30. The number of ether oxygens (including phenoxy) is 1. The number of nitrogens with one attached hydrogen (secondary N) is 2. The lowest BCUT2D eigenvalue weighted by molar-refractivity contribution is -0.112. The summed E-state index contributed by atoms with van der Waals surface area (Å²) in [5.74, 6) is -0.426. The number of hydrogen-bond acceptors (Lipinski definition) is 6. The van der Waals surface area contributed by atoms with Crippen molar-refractivity contribution in [1.29, 1.82) is 5.26 Å². The van der Waals surface area contributed by atoms with E-state index in [2.05, 4.69) is 15.5 Å². The molecule has 7 nitrogen and oxygen atoms in total. The number of benzene rings is 2. The number of carbonyl (C=O) groups excluding carboxylic acids is 1. The first kappa shape index (κ1) is 18.3. The lowest BCUT2D eigenvalue weighted by Crippen LogP contribution is -2.36. The summed E-state index contributed by atoms with van der Waals surface area (Å²) in [6, 6.07) is 15.7. The standard InChI is InChI=1S/C20H20N4O3/c21-13-15(20(26)23-16-5-7-17(25)8-6-16)14-22-18-3-1-2-4-19(18)24-9-11-27-12-10-24/h1-8,14,22,25H,9-12H2,(H,23,26)/b15-14-. The van der Waals surface area contributed by atoms with Crippen molar-refractivity contribution < 1.29 is 14.6 Å². The molecule has 138 valence electrons. The van der Waals surface area contributed by atoms with Gasteiger partial charge in [-0.1, -0.05) is 12.1 Å². The van der Waals surface area contributed by atoms with Crippen LogP contribution < -0.4 is 15.5 Å². The number of amides is 1. The number of para-hydroxylation sites is 2. The molecule has 0 aliphatic carbocycles. The van der Waals surface area contributed by atoms with Gasteiger partial charge in [0.2, 0.25) is 0 Å². The highest BCUT2D eigenvalue weighted by atomic mass is 16.5. The van der Waals surface area contributed by atoms with Crippen LogP contribution in [0.4, 0.5) is 17.1 Å². The highest BCUT2D eigenvalue weighted by molar-refractivity contribution is 6.06. The normalized spacial score (nSPS) is 14.3. The Morgan fingerprint density at radius 1 is 1.15 bits per heavy atom. The average molecular weight is 364 g/mol. The molecule has 1 amide bonds. The van der Waals surface area contributed by atoms with E-state index in [9.17, 15) is 15.2 Å². The van der Waals surface area contributed by atoms with Crippen molar-refractivity contribution in [3.63, 3.8) is 0 Å².